The Balaban J connectivity index is 1.79. The van der Waals surface area contributed by atoms with Crippen LogP contribution in [-0.4, -0.2) is 27.6 Å². The average molecular weight is 369 g/mol. The number of carbonyl (C=O) groups is 1. The summed E-state index contributed by atoms with van der Waals surface area (Å²) in [6.07, 6.45) is 2.75. The molecule has 0 fully saturated rings. The molecule has 0 atom stereocenters. The molecule has 0 aliphatic rings. The smallest absolute Gasteiger partial charge is 0.303 e. The number of nitrogens with zero attached hydrogens (tertiary/aromatic N) is 2. The predicted molar refractivity (Wildman–Crippen MR) is 107 cm³/mol. The van der Waals surface area contributed by atoms with Crippen LogP contribution in [0.5, 0.6) is 0 Å². The Labute approximate surface area is 157 Å². The molecular formula is C20H23N3O2S. The van der Waals surface area contributed by atoms with Crippen LogP contribution in [0.3, 0.4) is 0 Å². The molecule has 3 rings (SSSR count). The zero-order chi connectivity index (χ0) is 18.5. The molecule has 0 saturated carbocycles. The molecule has 0 spiro atoms. The van der Waals surface area contributed by atoms with E-state index in [0.717, 1.165) is 46.8 Å². The van der Waals surface area contributed by atoms with E-state index in [4.69, 9.17) is 5.11 Å². The van der Waals surface area contributed by atoms with Crippen molar-refractivity contribution < 1.29 is 9.90 Å². The molecule has 6 heteroatoms. The number of hydrogen-bond acceptors (Lipinski definition) is 5. The molecule has 0 saturated heterocycles. The maximum atomic E-state index is 10.6. The minimum atomic E-state index is -0.730. The fraction of sp³-hybridized carbons (Fsp3) is 0.350. The fourth-order valence-corrected chi connectivity index (χ4v) is 3.90. The molecule has 2 aromatic heterocycles. The van der Waals surface area contributed by atoms with Crippen molar-refractivity contribution in [3.05, 3.63) is 41.0 Å². The van der Waals surface area contributed by atoms with Gasteiger partial charge in [-0.05, 0) is 32.3 Å². The molecule has 0 bridgehead atoms. The molecular weight excluding hydrogens is 346 g/mol. The molecule has 0 unspecified atom stereocenters. The van der Waals surface area contributed by atoms with Crippen molar-refractivity contribution in [2.45, 2.75) is 39.5 Å². The molecule has 2 heterocycles. The van der Waals surface area contributed by atoms with E-state index in [2.05, 4.69) is 51.9 Å². The first-order valence-electron chi connectivity index (χ1n) is 8.83. The number of aromatic nitrogens is 2. The highest BCUT2D eigenvalue weighted by Crippen LogP contribution is 2.37. The Kier molecular flexibility index (Phi) is 5.83. The lowest BCUT2D eigenvalue weighted by Crippen LogP contribution is -2.06. The molecule has 136 valence electrons. The highest BCUT2D eigenvalue weighted by Gasteiger charge is 2.14. The van der Waals surface area contributed by atoms with Crippen LogP contribution >= 0.6 is 11.3 Å². The maximum Gasteiger partial charge on any atom is 0.303 e. The average Bonchev–Trinajstić information content (AvgIpc) is 3.02. The van der Waals surface area contributed by atoms with E-state index in [1.54, 1.807) is 11.3 Å². The van der Waals surface area contributed by atoms with Gasteiger partial charge in [0.1, 0.15) is 16.5 Å². The Hall–Kier alpha value is -2.47. The van der Waals surface area contributed by atoms with Gasteiger partial charge in [0.25, 0.3) is 0 Å². The number of aliphatic carboxylic acids is 1. The highest BCUT2D eigenvalue weighted by atomic mass is 32.1. The number of nitrogens with one attached hydrogen (secondary N) is 1. The van der Waals surface area contributed by atoms with Crippen LogP contribution in [0.1, 0.15) is 37.1 Å². The molecule has 2 N–H and O–H groups in total. The number of rotatable bonds is 8. The number of anilines is 1. The SMILES string of the molecule is Cc1ccc(-c2csc3nc(C)nc(NCCCCCC(=O)O)c23)cc1. The van der Waals surface area contributed by atoms with Crippen molar-refractivity contribution in [3.8, 4) is 11.1 Å². The minimum absolute atomic E-state index is 0.235. The van der Waals surface area contributed by atoms with Gasteiger partial charge in [0.05, 0.1) is 5.39 Å². The van der Waals surface area contributed by atoms with Crippen molar-refractivity contribution in [2.75, 3.05) is 11.9 Å². The second-order valence-electron chi connectivity index (χ2n) is 6.45. The van der Waals surface area contributed by atoms with Gasteiger partial charge in [0.2, 0.25) is 0 Å². The van der Waals surface area contributed by atoms with Crippen molar-refractivity contribution in [2.24, 2.45) is 0 Å². The van der Waals surface area contributed by atoms with Crippen LogP contribution in [0, 0.1) is 13.8 Å². The summed E-state index contributed by atoms with van der Waals surface area (Å²) in [5, 5.41) is 15.3. The number of unbranched alkanes of at least 4 members (excludes halogenated alkanes) is 2. The number of carboxylic acid groups (broad SMARTS) is 1. The summed E-state index contributed by atoms with van der Waals surface area (Å²) in [7, 11) is 0. The van der Waals surface area contributed by atoms with Crippen molar-refractivity contribution >= 4 is 33.3 Å². The van der Waals surface area contributed by atoms with Crippen molar-refractivity contribution in [1.29, 1.82) is 0 Å². The summed E-state index contributed by atoms with van der Waals surface area (Å²) in [6.45, 7) is 4.76. The first kappa shape index (κ1) is 18.3. The van der Waals surface area contributed by atoms with Gasteiger partial charge in [-0.25, -0.2) is 9.97 Å². The second kappa shape index (κ2) is 8.27. The monoisotopic (exact) mass is 369 g/mol. The maximum absolute atomic E-state index is 10.6. The van der Waals surface area contributed by atoms with Gasteiger partial charge in [0, 0.05) is 23.9 Å². The Bertz CT molecular complexity index is 903. The molecule has 5 nitrogen and oxygen atoms in total. The van der Waals surface area contributed by atoms with Crippen LogP contribution in [0.25, 0.3) is 21.3 Å². The van der Waals surface area contributed by atoms with Gasteiger partial charge >= 0.3 is 5.97 Å². The summed E-state index contributed by atoms with van der Waals surface area (Å²) in [6, 6.07) is 8.49. The lowest BCUT2D eigenvalue weighted by Gasteiger charge is -2.10. The summed E-state index contributed by atoms with van der Waals surface area (Å²) in [5.41, 5.74) is 3.55. The fourth-order valence-electron chi connectivity index (χ4n) is 2.91. The number of aryl methyl sites for hydroxylation is 2. The third kappa shape index (κ3) is 4.38. The van der Waals surface area contributed by atoms with Gasteiger partial charge in [-0.3, -0.25) is 4.79 Å². The lowest BCUT2D eigenvalue weighted by molar-refractivity contribution is -0.137. The first-order chi connectivity index (χ1) is 12.5. The zero-order valence-corrected chi connectivity index (χ0v) is 15.9. The van der Waals surface area contributed by atoms with Gasteiger partial charge < -0.3 is 10.4 Å². The molecule has 0 amide bonds. The van der Waals surface area contributed by atoms with Crippen molar-refractivity contribution in [1.82, 2.24) is 9.97 Å². The topological polar surface area (TPSA) is 75.1 Å². The Morgan fingerprint density at radius 3 is 2.62 bits per heavy atom. The van der Waals surface area contributed by atoms with Crippen LogP contribution in [0.4, 0.5) is 5.82 Å². The van der Waals surface area contributed by atoms with Crippen LogP contribution in [-0.2, 0) is 4.79 Å². The molecule has 0 radical (unpaired) electrons. The van der Waals surface area contributed by atoms with Crippen LogP contribution in [0.15, 0.2) is 29.6 Å². The largest absolute Gasteiger partial charge is 0.481 e. The Morgan fingerprint density at radius 2 is 1.88 bits per heavy atom. The van der Waals surface area contributed by atoms with Gasteiger partial charge in [0.15, 0.2) is 0 Å². The van der Waals surface area contributed by atoms with E-state index in [0.29, 0.717) is 6.42 Å². The highest BCUT2D eigenvalue weighted by molar-refractivity contribution is 7.17. The van der Waals surface area contributed by atoms with E-state index < -0.39 is 5.97 Å². The van der Waals surface area contributed by atoms with E-state index in [1.807, 2.05) is 6.92 Å². The van der Waals surface area contributed by atoms with Crippen molar-refractivity contribution in [3.63, 3.8) is 0 Å². The molecule has 1 aromatic carbocycles. The normalized spacial score (nSPS) is 11.0. The molecule has 26 heavy (non-hydrogen) atoms. The predicted octanol–water partition coefficient (Wildman–Crippen LogP) is 5.03. The summed E-state index contributed by atoms with van der Waals surface area (Å²) in [5.74, 6) is 0.887. The summed E-state index contributed by atoms with van der Waals surface area (Å²) >= 11 is 1.64. The number of hydrogen-bond donors (Lipinski definition) is 2. The molecule has 0 aliphatic heterocycles. The van der Waals surface area contributed by atoms with E-state index >= 15 is 0 Å². The Morgan fingerprint density at radius 1 is 1.12 bits per heavy atom. The van der Waals surface area contributed by atoms with Crippen LogP contribution in [0.2, 0.25) is 0 Å². The quantitative estimate of drug-likeness (QED) is 0.545. The lowest BCUT2D eigenvalue weighted by atomic mass is 10.0. The summed E-state index contributed by atoms with van der Waals surface area (Å²) in [4.78, 5) is 20.7. The number of fused-ring (bicyclic) bond motifs is 1. The van der Waals surface area contributed by atoms with E-state index in [-0.39, 0.29) is 6.42 Å². The third-order valence-corrected chi connectivity index (χ3v) is 5.14. The third-order valence-electron chi connectivity index (χ3n) is 4.27. The standard InChI is InChI=1S/C20H23N3O2S/c1-13-7-9-15(10-8-13)16-12-26-20-18(16)19(22-14(2)23-20)21-11-5-3-4-6-17(24)25/h7-10,12H,3-6,11H2,1-2H3,(H,24,25)(H,21,22,23). The van der Waals surface area contributed by atoms with Gasteiger partial charge in [-0.2, -0.15) is 0 Å². The zero-order valence-electron chi connectivity index (χ0n) is 15.1. The number of carboxylic acids is 1. The minimum Gasteiger partial charge on any atom is -0.481 e. The number of benzene rings is 1. The second-order valence-corrected chi connectivity index (χ2v) is 7.30. The molecule has 3 aromatic rings. The van der Waals surface area contributed by atoms with Gasteiger partial charge in [-0.1, -0.05) is 36.2 Å². The van der Waals surface area contributed by atoms with Crippen LogP contribution < -0.4 is 5.32 Å². The molecule has 0 aliphatic carbocycles. The van der Waals surface area contributed by atoms with Gasteiger partial charge in [-0.15, -0.1) is 11.3 Å². The first-order valence-corrected chi connectivity index (χ1v) is 9.71. The van der Waals surface area contributed by atoms with E-state index in [1.165, 1.54) is 11.1 Å². The number of thiophene rings is 1. The summed E-state index contributed by atoms with van der Waals surface area (Å²) < 4.78 is 0. The van der Waals surface area contributed by atoms with E-state index in [9.17, 15) is 4.79 Å².